The van der Waals surface area contributed by atoms with Crippen LogP contribution in [0.1, 0.15) is 56.8 Å². The first-order valence-corrected chi connectivity index (χ1v) is 10.9. The zero-order valence-electron chi connectivity index (χ0n) is 17.1. The number of thiophene rings is 1. The van der Waals surface area contributed by atoms with Crippen molar-refractivity contribution in [2.75, 3.05) is 0 Å². The molecule has 4 rings (SSSR count). The molecule has 0 aliphatic heterocycles. The van der Waals surface area contributed by atoms with Gasteiger partial charge in [-0.3, -0.25) is 4.79 Å². The predicted molar refractivity (Wildman–Crippen MR) is 118 cm³/mol. The van der Waals surface area contributed by atoms with Crippen LogP contribution in [-0.4, -0.2) is 21.9 Å². The van der Waals surface area contributed by atoms with E-state index in [4.69, 9.17) is 0 Å². The number of aromatic nitrogens is 2. The van der Waals surface area contributed by atoms with Crippen molar-refractivity contribution < 1.29 is 4.79 Å². The van der Waals surface area contributed by atoms with Crippen molar-refractivity contribution in [3.8, 4) is 5.69 Å². The summed E-state index contributed by atoms with van der Waals surface area (Å²) in [5.74, 6) is 0.609. The number of carbonyl (C=O) groups excluding carboxylic acids is 1. The van der Waals surface area contributed by atoms with Crippen molar-refractivity contribution in [3.05, 3.63) is 68.7 Å². The Kier molecular flexibility index (Phi) is 5.62. The van der Waals surface area contributed by atoms with Gasteiger partial charge in [0.25, 0.3) is 5.91 Å². The summed E-state index contributed by atoms with van der Waals surface area (Å²) >= 11 is 1.61. The molecule has 29 heavy (non-hydrogen) atoms. The molecule has 1 aromatic carbocycles. The first-order valence-electron chi connectivity index (χ1n) is 10.1. The Hall–Kier alpha value is -2.73. The Morgan fingerprint density at radius 3 is 2.90 bits per heavy atom. The molecule has 0 saturated heterocycles. The lowest BCUT2D eigenvalue weighted by Crippen LogP contribution is -2.16. The summed E-state index contributed by atoms with van der Waals surface area (Å²) in [7, 11) is 0. The van der Waals surface area contributed by atoms with Gasteiger partial charge in [-0.2, -0.15) is 10.2 Å². The van der Waals surface area contributed by atoms with Crippen LogP contribution in [0.5, 0.6) is 0 Å². The molecular weight excluding hydrogens is 380 g/mol. The van der Waals surface area contributed by atoms with E-state index in [0.717, 1.165) is 46.3 Å². The van der Waals surface area contributed by atoms with E-state index in [1.807, 2.05) is 48.9 Å². The Bertz CT molecular complexity index is 1050. The minimum Gasteiger partial charge on any atom is -0.266 e. The van der Waals surface area contributed by atoms with Gasteiger partial charge in [0.1, 0.15) is 0 Å². The standard InChI is InChI=1S/C23H26N4OS/c1-4-17-10-11-21-18(12-17)13-22(29-21)23(28)25-24-14-20-15(2)26-27(16(20)3)19-8-6-5-7-9-19/h5-9,13-14,17H,4,10-12H2,1-3H3,(H,25,28)/b24-14-/t17-/m1/s1. The third-order valence-corrected chi connectivity index (χ3v) is 6.93. The molecule has 5 nitrogen and oxygen atoms in total. The highest BCUT2D eigenvalue weighted by molar-refractivity contribution is 7.14. The maximum absolute atomic E-state index is 12.6. The molecule has 0 fully saturated rings. The van der Waals surface area contributed by atoms with Crippen LogP contribution >= 0.6 is 11.3 Å². The van der Waals surface area contributed by atoms with Crippen LogP contribution in [0, 0.1) is 19.8 Å². The third-order valence-electron chi connectivity index (χ3n) is 5.69. The van der Waals surface area contributed by atoms with Gasteiger partial charge in [0.15, 0.2) is 0 Å². The van der Waals surface area contributed by atoms with Crippen LogP contribution in [0.15, 0.2) is 41.5 Å². The molecule has 6 heteroatoms. The molecule has 150 valence electrons. The molecule has 0 saturated carbocycles. The van der Waals surface area contributed by atoms with E-state index in [0.29, 0.717) is 0 Å². The summed E-state index contributed by atoms with van der Waals surface area (Å²) in [5.41, 5.74) is 7.83. The fourth-order valence-electron chi connectivity index (χ4n) is 3.93. The lowest BCUT2D eigenvalue weighted by molar-refractivity contribution is 0.0959. The first kappa shape index (κ1) is 19.6. The van der Waals surface area contributed by atoms with Crippen LogP contribution in [0.3, 0.4) is 0 Å². The number of hydrazone groups is 1. The maximum Gasteiger partial charge on any atom is 0.281 e. The second-order valence-corrected chi connectivity index (χ2v) is 8.74. The average Bonchev–Trinajstić information content (AvgIpc) is 3.29. The molecule has 0 radical (unpaired) electrons. The molecule has 2 heterocycles. The molecule has 1 aliphatic rings. The Labute approximate surface area is 175 Å². The fourth-order valence-corrected chi connectivity index (χ4v) is 5.03. The Morgan fingerprint density at radius 2 is 2.14 bits per heavy atom. The second kappa shape index (κ2) is 8.33. The molecule has 1 N–H and O–H groups in total. The number of fused-ring (bicyclic) bond motifs is 1. The zero-order chi connectivity index (χ0) is 20.4. The van der Waals surface area contributed by atoms with Crippen LogP contribution < -0.4 is 5.43 Å². The van der Waals surface area contributed by atoms with Gasteiger partial charge in [-0.1, -0.05) is 31.5 Å². The minimum atomic E-state index is -0.139. The van der Waals surface area contributed by atoms with E-state index in [1.54, 1.807) is 17.6 Å². The summed E-state index contributed by atoms with van der Waals surface area (Å²) < 4.78 is 1.90. The Morgan fingerprint density at radius 1 is 1.34 bits per heavy atom. The van der Waals surface area contributed by atoms with Crippen LogP contribution in [0.25, 0.3) is 5.69 Å². The maximum atomic E-state index is 12.6. The van der Waals surface area contributed by atoms with E-state index in [-0.39, 0.29) is 5.91 Å². The van der Waals surface area contributed by atoms with Gasteiger partial charge in [0.2, 0.25) is 0 Å². The van der Waals surface area contributed by atoms with Gasteiger partial charge in [-0.05, 0) is 62.8 Å². The number of hydrogen-bond acceptors (Lipinski definition) is 4. The number of para-hydroxylation sites is 1. The summed E-state index contributed by atoms with van der Waals surface area (Å²) in [6.45, 7) is 6.20. The monoisotopic (exact) mass is 406 g/mol. The van der Waals surface area contributed by atoms with E-state index < -0.39 is 0 Å². The number of aryl methyl sites for hydroxylation is 2. The highest BCUT2D eigenvalue weighted by Gasteiger charge is 2.22. The molecule has 1 atom stereocenters. The number of nitrogens with one attached hydrogen (secondary N) is 1. The van der Waals surface area contributed by atoms with Crippen molar-refractivity contribution in [1.29, 1.82) is 0 Å². The zero-order valence-corrected chi connectivity index (χ0v) is 17.9. The van der Waals surface area contributed by atoms with Crippen molar-refractivity contribution >= 4 is 23.5 Å². The van der Waals surface area contributed by atoms with Gasteiger partial charge >= 0.3 is 0 Å². The third kappa shape index (κ3) is 4.03. The number of hydrogen-bond donors (Lipinski definition) is 1. The van der Waals surface area contributed by atoms with Gasteiger partial charge in [0, 0.05) is 10.4 Å². The molecule has 3 aromatic rings. The topological polar surface area (TPSA) is 59.3 Å². The van der Waals surface area contributed by atoms with Gasteiger partial charge in [-0.25, -0.2) is 10.1 Å². The van der Waals surface area contributed by atoms with Crippen LogP contribution in [0.4, 0.5) is 0 Å². The van der Waals surface area contributed by atoms with E-state index in [9.17, 15) is 4.79 Å². The fraction of sp³-hybridized carbons (Fsp3) is 0.348. The van der Waals surface area contributed by atoms with Gasteiger partial charge in [-0.15, -0.1) is 11.3 Å². The van der Waals surface area contributed by atoms with Crippen LogP contribution in [-0.2, 0) is 12.8 Å². The molecule has 0 spiro atoms. The summed E-state index contributed by atoms with van der Waals surface area (Å²) in [6.07, 6.45) is 6.31. The van der Waals surface area contributed by atoms with Gasteiger partial charge < -0.3 is 0 Å². The highest BCUT2D eigenvalue weighted by Crippen LogP contribution is 2.33. The number of nitrogens with zero attached hydrogens (tertiary/aromatic N) is 3. The molecule has 1 amide bonds. The van der Waals surface area contributed by atoms with E-state index in [2.05, 4.69) is 28.6 Å². The number of amides is 1. The summed E-state index contributed by atoms with van der Waals surface area (Å²) in [6, 6.07) is 12.0. The molecule has 2 aromatic heterocycles. The molecule has 0 bridgehead atoms. The van der Waals surface area contributed by atoms with Crippen molar-refractivity contribution in [2.24, 2.45) is 11.0 Å². The molecule has 1 aliphatic carbocycles. The first-order chi connectivity index (χ1) is 14.1. The van der Waals surface area contributed by atoms with Crippen molar-refractivity contribution in [2.45, 2.75) is 46.5 Å². The second-order valence-electron chi connectivity index (χ2n) is 7.61. The minimum absolute atomic E-state index is 0.139. The largest absolute Gasteiger partial charge is 0.281 e. The Balaban J connectivity index is 1.47. The van der Waals surface area contributed by atoms with Crippen molar-refractivity contribution in [3.63, 3.8) is 0 Å². The number of carbonyl (C=O) groups is 1. The number of benzene rings is 1. The highest BCUT2D eigenvalue weighted by atomic mass is 32.1. The predicted octanol–water partition coefficient (Wildman–Crippen LogP) is 4.83. The van der Waals surface area contributed by atoms with Crippen LogP contribution in [0.2, 0.25) is 0 Å². The SMILES string of the molecule is CC[C@@H]1CCc2sc(C(=O)N/N=C\c3c(C)nn(-c4ccccc4)c3C)cc2C1. The van der Waals surface area contributed by atoms with E-state index >= 15 is 0 Å². The summed E-state index contributed by atoms with van der Waals surface area (Å²) in [4.78, 5) is 14.7. The summed E-state index contributed by atoms with van der Waals surface area (Å²) in [5, 5.41) is 8.82. The number of rotatable bonds is 5. The normalized spacial score (nSPS) is 16.2. The van der Waals surface area contributed by atoms with E-state index in [1.165, 1.54) is 23.3 Å². The smallest absolute Gasteiger partial charge is 0.266 e. The lowest BCUT2D eigenvalue weighted by atomic mass is 9.87. The average molecular weight is 407 g/mol. The lowest BCUT2D eigenvalue weighted by Gasteiger charge is -2.19. The van der Waals surface area contributed by atoms with Gasteiger partial charge in [0.05, 0.1) is 28.2 Å². The van der Waals surface area contributed by atoms with Crippen molar-refractivity contribution in [1.82, 2.24) is 15.2 Å². The molecular formula is C23H26N4OS. The molecule has 0 unspecified atom stereocenters. The quantitative estimate of drug-likeness (QED) is 0.487.